The van der Waals surface area contributed by atoms with Crippen molar-refractivity contribution in [2.45, 2.75) is 13.2 Å². The highest BCUT2D eigenvalue weighted by Gasteiger charge is 2.35. The van der Waals surface area contributed by atoms with Crippen LogP contribution in [-0.4, -0.2) is 23.2 Å². The molecule has 0 aromatic heterocycles. The molecule has 1 fully saturated rings. The number of hydrogen-bond acceptors (Lipinski definition) is 5. The fraction of sp³-hybridized carbons (Fsp3) is 0.120. The van der Waals surface area contributed by atoms with E-state index < -0.39 is 17.0 Å². The van der Waals surface area contributed by atoms with Crippen molar-refractivity contribution in [3.8, 4) is 11.5 Å². The van der Waals surface area contributed by atoms with Crippen LogP contribution < -0.4 is 9.47 Å². The second-order valence-electron chi connectivity index (χ2n) is 7.31. The molecule has 9 heteroatoms. The number of methoxy groups -OCH3 is 1. The van der Waals surface area contributed by atoms with E-state index in [2.05, 4.69) is 31.9 Å². The van der Waals surface area contributed by atoms with Crippen molar-refractivity contribution in [3.05, 3.63) is 97.0 Å². The van der Waals surface area contributed by atoms with Crippen molar-refractivity contribution in [2.75, 3.05) is 7.11 Å². The highest BCUT2D eigenvalue weighted by atomic mass is 79.9. The Morgan fingerprint density at radius 3 is 2.50 bits per heavy atom. The summed E-state index contributed by atoms with van der Waals surface area (Å²) in [6.07, 6.45) is 1.61. The maximum Gasteiger partial charge on any atom is 0.293 e. The quantitative estimate of drug-likeness (QED) is 0.267. The van der Waals surface area contributed by atoms with Gasteiger partial charge in [-0.15, -0.1) is 0 Å². The van der Waals surface area contributed by atoms with Crippen LogP contribution >= 0.6 is 43.6 Å². The van der Waals surface area contributed by atoms with Crippen LogP contribution in [0.1, 0.15) is 16.7 Å². The number of thioether (sulfide) groups is 1. The molecule has 174 valence electrons. The first-order valence-electron chi connectivity index (χ1n) is 10.1. The van der Waals surface area contributed by atoms with E-state index in [0.717, 1.165) is 26.7 Å². The second-order valence-corrected chi connectivity index (χ2v) is 10.1. The standard InChI is InChI=1S/C25H18Br2FNO4S/c1-32-21-11-16(10-19(27)23(21)33-14-15-6-8-18(26)9-7-15)12-22-24(30)29(25(31)34-22)13-17-4-2-3-5-20(17)28/h2-12H,13-14H2,1H3/b22-12+. The number of imide groups is 1. The zero-order valence-electron chi connectivity index (χ0n) is 17.9. The zero-order valence-corrected chi connectivity index (χ0v) is 21.9. The molecule has 0 atom stereocenters. The Kier molecular flexibility index (Phi) is 7.75. The fourth-order valence-electron chi connectivity index (χ4n) is 3.28. The summed E-state index contributed by atoms with van der Waals surface area (Å²) in [5, 5.41) is -0.444. The van der Waals surface area contributed by atoms with Crippen molar-refractivity contribution in [3.63, 3.8) is 0 Å². The van der Waals surface area contributed by atoms with Crippen LogP contribution in [0.5, 0.6) is 11.5 Å². The van der Waals surface area contributed by atoms with Gasteiger partial charge in [0.25, 0.3) is 11.1 Å². The molecule has 0 N–H and O–H groups in total. The van der Waals surface area contributed by atoms with Crippen molar-refractivity contribution < 1.29 is 23.5 Å². The number of hydrogen-bond donors (Lipinski definition) is 0. The van der Waals surface area contributed by atoms with Crippen LogP contribution in [0, 0.1) is 5.82 Å². The average Bonchev–Trinajstić information content (AvgIpc) is 3.07. The summed E-state index contributed by atoms with van der Waals surface area (Å²) in [6.45, 7) is 0.223. The van der Waals surface area contributed by atoms with Gasteiger partial charge in [0.15, 0.2) is 11.5 Å². The van der Waals surface area contributed by atoms with Gasteiger partial charge in [-0.2, -0.15) is 0 Å². The molecule has 0 saturated carbocycles. The molecule has 1 saturated heterocycles. The number of halogens is 3. The van der Waals surface area contributed by atoms with Gasteiger partial charge in [-0.1, -0.05) is 46.3 Å². The Morgan fingerprint density at radius 2 is 1.79 bits per heavy atom. The predicted octanol–water partition coefficient (Wildman–Crippen LogP) is 7.17. The Hall–Kier alpha value is -2.62. The maximum atomic E-state index is 14.0. The van der Waals surface area contributed by atoms with Gasteiger partial charge in [0.05, 0.1) is 23.0 Å². The Bertz CT molecular complexity index is 1280. The molecule has 4 rings (SSSR count). The SMILES string of the molecule is COc1cc(/C=C2/SC(=O)N(Cc3ccccc3F)C2=O)cc(Br)c1OCc1ccc(Br)cc1. The largest absolute Gasteiger partial charge is 0.493 e. The monoisotopic (exact) mass is 605 g/mol. The molecule has 0 aliphatic carbocycles. The molecular formula is C25H18Br2FNO4S. The number of nitrogens with zero attached hydrogens (tertiary/aromatic N) is 1. The van der Waals surface area contributed by atoms with Gasteiger partial charge >= 0.3 is 0 Å². The minimum Gasteiger partial charge on any atom is -0.493 e. The van der Waals surface area contributed by atoms with Crippen molar-refractivity contribution in [2.24, 2.45) is 0 Å². The van der Waals surface area contributed by atoms with E-state index in [-0.39, 0.29) is 17.0 Å². The number of benzene rings is 3. The molecule has 3 aromatic carbocycles. The van der Waals surface area contributed by atoms with E-state index in [9.17, 15) is 14.0 Å². The first-order chi connectivity index (χ1) is 16.4. The third-order valence-corrected chi connectivity index (χ3v) is 7.03. The highest BCUT2D eigenvalue weighted by Crippen LogP contribution is 2.39. The molecular weight excluding hydrogens is 589 g/mol. The van der Waals surface area contributed by atoms with E-state index in [1.165, 1.54) is 13.2 Å². The lowest BCUT2D eigenvalue weighted by Gasteiger charge is -2.14. The van der Waals surface area contributed by atoms with Crippen molar-refractivity contribution in [1.29, 1.82) is 0 Å². The molecule has 0 radical (unpaired) electrons. The average molecular weight is 607 g/mol. The number of carbonyl (C=O) groups excluding carboxylic acids is 2. The molecule has 5 nitrogen and oxygen atoms in total. The molecule has 0 unspecified atom stereocenters. The maximum absolute atomic E-state index is 14.0. The van der Waals surface area contributed by atoms with Crippen LogP contribution in [-0.2, 0) is 17.9 Å². The Labute approximate surface area is 217 Å². The van der Waals surface area contributed by atoms with Gasteiger partial charge < -0.3 is 9.47 Å². The first kappa shape index (κ1) is 24.5. The van der Waals surface area contributed by atoms with Crippen LogP contribution in [0.25, 0.3) is 6.08 Å². The van der Waals surface area contributed by atoms with Crippen LogP contribution in [0.3, 0.4) is 0 Å². The predicted molar refractivity (Wildman–Crippen MR) is 137 cm³/mol. The van der Waals surface area contributed by atoms with Crippen molar-refractivity contribution in [1.82, 2.24) is 4.90 Å². The van der Waals surface area contributed by atoms with Crippen LogP contribution in [0.15, 0.2) is 74.5 Å². The zero-order chi connectivity index (χ0) is 24.2. The molecule has 0 bridgehead atoms. The van der Waals surface area contributed by atoms with Crippen LogP contribution in [0.2, 0.25) is 0 Å². The molecule has 1 aliphatic heterocycles. The first-order valence-corrected chi connectivity index (χ1v) is 12.5. The number of rotatable bonds is 7. The van der Waals surface area contributed by atoms with E-state index >= 15 is 0 Å². The van der Waals surface area contributed by atoms with E-state index in [4.69, 9.17) is 9.47 Å². The van der Waals surface area contributed by atoms with Crippen molar-refractivity contribution >= 4 is 60.8 Å². The van der Waals surface area contributed by atoms with Gasteiger partial charge in [0.1, 0.15) is 12.4 Å². The minimum atomic E-state index is -0.469. The smallest absolute Gasteiger partial charge is 0.293 e. The summed E-state index contributed by atoms with van der Waals surface area (Å²) < 4.78 is 27.1. The third kappa shape index (κ3) is 5.54. The summed E-state index contributed by atoms with van der Waals surface area (Å²) in [5.41, 5.74) is 1.92. The number of amides is 2. The molecule has 1 aliphatic rings. The third-order valence-electron chi connectivity index (χ3n) is 5.01. The summed E-state index contributed by atoms with van der Waals surface area (Å²) in [7, 11) is 1.53. The molecule has 0 spiro atoms. The topological polar surface area (TPSA) is 55.8 Å². The number of ether oxygens (including phenoxy) is 2. The molecule has 2 amide bonds. The van der Waals surface area contributed by atoms with Gasteiger partial charge in [0.2, 0.25) is 0 Å². The summed E-state index contributed by atoms with van der Waals surface area (Å²) >= 11 is 7.74. The lowest BCUT2D eigenvalue weighted by molar-refractivity contribution is -0.123. The lowest BCUT2D eigenvalue weighted by atomic mass is 10.1. The van der Waals surface area contributed by atoms with E-state index in [1.807, 2.05) is 24.3 Å². The second kappa shape index (κ2) is 10.8. The highest BCUT2D eigenvalue weighted by molar-refractivity contribution is 9.10. The van der Waals surface area contributed by atoms with Crippen LogP contribution in [0.4, 0.5) is 9.18 Å². The van der Waals surface area contributed by atoms with E-state index in [0.29, 0.717) is 28.1 Å². The Balaban J connectivity index is 1.53. The van der Waals surface area contributed by atoms with E-state index in [1.54, 1.807) is 36.4 Å². The summed E-state index contributed by atoms with van der Waals surface area (Å²) in [4.78, 5) is 26.6. The fourth-order valence-corrected chi connectivity index (χ4v) is 4.96. The van der Waals surface area contributed by atoms with Gasteiger partial charge in [-0.25, -0.2) is 4.39 Å². The lowest BCUT2D eigenvalue weighted by Crippen LogP contribution is -2.27. The summed E-state index contributed by atoms with van der Waals surface area (Å²) in [6, 6.07) is 17.4. The normalized spacial score (nSPS) is 14.7. The molecule has 3 aromatic rings. The Morgan fingerprint density at radius 1 is 1.06 bits per heavy atom. The van der Waals surface area contributed by atoms with Gasteiger partial charge in [-0.3, -0.25) is 14.5 Å². The van der Waals surface area contributed by atoms with Gasteiger partial charge in [0, 0.05) is 10.0 Å². The molecule has 1 heterocycles. The summed E-state index contributed by atoms with van der Waals surface area (Å²) in [5.74, 6) is 0.0698. The molecule has 34 heavy (non-hydrogen) atoms. The minimum absolute atomic E-state index is 0.121. The van der Waals surface area contributed by atoms with Gasteiger partial charge in [-0.05, 0) is 75.2 Å². The number of carbonyl (C=O) groups is 2.